The highest BCUT2D eigenvalue weighted by molar-refractivity contribution is 14.0. The molecule has 2 heterocycles. The lowest BCUT2D eigenvalue weighted by molar-refractivity contribution is 0.120. The quantitative estimate of drug-likeness (QED) is 0.418. The Bertz CT molecular complexity index is 429. The van der Waals surface area contributed by atoms with Crippen LogP contribution in [0.3, 0.4) is 0 Å². The first-order valence-corrected chi connectivity index (χ1v) is 8.51. The van der Waals surface area contributed by atoms with Crippen molar-refractivity contribution in [1.29, 1.82) is 0 Å². The number of rotatable bonds is 5. The predicted octanol–water partition coefficient (Wildman–Crippen LogP) is 1.67. The minimum atomic E-state index is 0. The van der Waals surface area contributed by atoms with Crippen molar-refractivity contribution in [3.63, 3.8) is 0 Å². The van der Waals surface area contributed by atoms with E-state index in [0.717, 1.165) is 45.2 Å². The maximum atomic E-state index is 4.29. The van der Waals surface area contributed by atoms with Crippen LogP contribution in [0.5, 0.6) is 0 Å². The van der Waals surface area contributed by atoms with Gasteiger partial charge < -0.3 is 15.5 Å². The molecule has 0 radical (unpaired) electrons. The van der Waals surface area contributed by atoms with E-state index in [1.807, 2.05) is 7.05 Å². The van der Waals surface area contributed by atoms with Crippen molar-refractivity contribution in [1.82, 2.24) is 20.4 Å². The number of hydrogen-bond donors (Lipinski definition) is 2. The zero-order valence-electron chi connectivity index (χ0n) is 13.7. The van der Waals surface area contributed by atoms with E-state index in [0.29, 0.717) is 6.04 Å². The number of piperazine rings is 1. The number of likely N-dealkylation sites (N-methyl/N-ethyl adjacent to an activating group) is 1. The number of hydrogen-bond acceptors (Lipinski definition) is 4. The number of nitrogens with one attached hydrogen (secondary N) is 2. The molecule has 0 aromatic carbocycles. The van der Waals surface area contributed by atoms with Crippen LogP contribution in [0.4, 0.5) is 0 Å². The summed E-state index contributed by atoms with van der Waals surface area (Å²) in [4.78, 5) is 9.22. The Balaban J connectivity index is 0.00000242. The van der Waals surface area contributed by atoms with Crippen molar-refractivity contribution in [3.8, 4) is 0 Å². The van der Waals surface area contributed by atoms with E-state index in [2.05, 4.69) is 56.2 Å². The number of guanidine groups is 1. The van der Waals surface area contributed by atoms with Crippen LogP contribution in [0.25, 0.3) is 0 Å². The highest BCUT2D eigenvalue weighted by Gasteiger charge is 2.18. The Kier molecular flexibility index (Phi) is 9.30. The van der Waals surface area contributed by atoms with E-state index in [1.54, 1.807) is 11.3 Å². The molecule has 1 saturated heterocycles. The van der Waals surface area contributed by atoms with Gasteiger partial charge in [-0.15, -0.1) is 24.0 Å². The average molecular weight is 437 g/mol. The summed E-state index contributed by atoms with van der Waals surface area (Å²) in [6.07, 6.45) is 0. The van der Waals surface area contributed by atoms with Gasteiger partial charge in [-0.3, -0.25) is 9.89 Å². The summed E-state index contributed by atoms with van der Waals surface area (Å²) in [5.41, 5.74) is 1.30. The van der Waals surface area contributed by atoms with Gasteiger partial charge in [0.2, 0.25) is 0 Å². The number of thiophene rings is 1. The van der Waals surface area contributed by atoms with Crippen LogP contribution in [0.1, 0.15) is 12.5 Å². The Morgan fingerprint density at radius 3 is 2.64 bits per heavy atom. The van der Waals surface area contributed by atoms with Crippen LogP contribution in [0.2, 0.25) is 0 Å². The summed E-state index contributed by atoms with van der Waals surface area (Å²) in [7, 11) is 4.01. The van der Waals surface area contributed by atoms with Gasteiger partial charge in [0.15, 0.2) is 5.96 Å². The zero-order chi connectivity index (χ0) is 15.1. The molecule has 22 heavy (non-hydrogen) atoms. The van der Waals surface area contributed by atoms with E-state index < -0.39 is 0 Å². The molecule has 0 saturated carbocycles. The maximum absolute atomic E-state index is 4.29. The second kappa shape index (κ2) is 10.4. The molecule has 1 aromatic heterocycles. The fourth-order valence-electron chi connectivity index (χ4n) is 2.44. The van der Waals surface area contributed by atoms with Gasteiger partial charge in [0.05, 0.1) is 0 Å². The fourth-order valence-corrected chi connectivity index (χ4v) is 3.10. The molecular formula is C15H28IN5S. The van der Waals surface area contributed by atoms with Crippen LogP contribution >= 0.6 is 35.3 Å². The topological polar surface area (TPSA) is 42.9 Å². The van der Waals surface area contributed by atoms with Crippen LogP contribution in [-0.2, 0) is 6.54 Å². The molecule has 7 heteroatoms. The molecular weight excluding hydrogens is 409 g/mol. The first-order chi connectivity index (χ1) is 10.2. The molecule has 1 unspecified atom stereocenters. The molecule has 2 N–H and O–H groups in total. The normalized spacial score (nSPS) is 18.6. The summed E-state index contributed by atoms with van der Waals surface area (Å²) in [5, 5.41) is 11.0. The SMILES string of the molecule is CN=C(NCc1ccsc1)NCC(C)N1CCN(C)CC1.I. The van der Waals surface area contributed by atoms with Crippen molar-refractivity contribution < 1.29 is 0 Å². The molecule has 0 aliphatic carbocycles. The molecule has 126 valence electrons. The van der Waals surface area contributed by atoms with E-state index in [1.165, 1.54) is 5.56 Å². The van der Waals surface area contributed by atoms with E-state index in [4.69, 9.17) is 0 Å². The third-order valence-electron chi connectivity index (χ3n) is 3.99. The summed E-state index contributed by atoms with van der Waals surface area (Å²) >= 11 is 1.73. The molecule has 1 atom stereocenters. The lowest BCUT2D eigenvalue weighted by atomic mass is 10.2. The fraction of sp³-hybridized carbons (Fsp3) is 0.667. The van der Waals surface area contributed by atoms with Crippen molar-refractivity contribution in [2.24, 2.45) is 4.99 Å². The smallest absolute Gasteiger partial charge is 0.191 e. The molecule has 1 fully saturated rings. The largest absolute Gasteiger partial charge is 0.355 e. The van der Waals surface area contributed by atoms with Crippen molar-refractivity contribution >= 4 is 41.3 Å². The minimum Gasteiger partial charge on any atom is -0.355 e. The van der Waals surface area contributed by atoms with Crippen molar-refractivity contribution in [3.05, 3.63) is 22.4 Å². The van der Waals surface area contributed by atoms with Gasteiger partial charge in [-0.25, -0.2) is 0 Å². The van der Waals surface area contributed by atoms with Gasteiger partial charge in [0.1, 0.15) is 0 Å². The summed E-state index contributed by atoms with van der Waals surface area (Å²) in [6, 6.07) is 2.66. The van der Waals surface area contributed by atoms with E-state index >= 15 is 0 Å². The lowest BCUT2D eigenvalue weighted by Crippen LogP contribution is -2.52. The maximum Gasteiger partial charge on any atom is 0.191 e. The number of halogens is 1. The average Bonchev–Trinajstić information content (AvgIpc) is 3.01. The third kappa shape index (κ3) is 6.39. The molecule has 0 bridgehead atoms. The number of aliphatic imine (C=N–C) groups is 1. The molecule has 1 aliphatic heterocycles. The molecule has 0 spiro atoms. The van der Waals surface area contributed by atoms with Crippen LogP contribution in [0.15, 0.2) is 21.8 Å². The summed E-state index contributed by atoms with van der Waals surface area (Å²) in [6.45, 7) is 8.66. The molecule has 1 aromatic rings. The van der Waals surface area contributed by atoms with Crippen molar-refractivity contribution in [2.75, 3.05) is 46.8 Å². The van der Waals surface area contributed by atoms with Gasteiger partial charge in [0.25, 0.3) is 0 Å². The standard InChI is InChI=1S/C15H27N5S.HI/c1-13(20-7-5-19(3)6-8-20)10-17-15(16-2)18-11-14-4-9-21-12-14;/h4,9,12-13H,5-8,10-11H2,1-3H3,(H2,16,17,18);1H. The minimum absolute atomic E-state index is 0. The van der Waals surface area contributed by atoms with Gasteiger partial charge in [0, 0.05) is 52.4 Å². The van der Waals surface area contributed by atoms with Gasteiger partial charge in [-0.1, -0.05) is 0 Å². The Labute approximate surface area is 155 Å². The molecule has 1 aliphatic rings. The van der Waals surface area contributed by atoms with E-state index in [-0.39, 0.29) is 24.0 Å². The zero-order valence-corrected chi connectivity index (χ0v) is 16.9. The molecule has 5 nitrogen and oxygen atoms in total. The lowest BCUT2D eigenvalue weighted by Gasteiger charge is -2.36. The highest BCUT2D eigenvalue weighted by atomic mass is 127. The Morgan fingerprint density at radius 2 is 2.05 bits per heavy atom. The Morgan fingerprint density at radius 1 is 1.32 bits per heavy atom. The summed E-state index contributed by atoms with van der Waals surface area (Å²) in [5.74, 6) is 0.877. The molecule has 2 rings (SSSR count). The van der Waals surface area contributed by atoms with Crippen LogP contribution < -0.4 is 10.6 Å². The van der Waals surface area contributed by atoms with Gasteiger partial charge in [-0.05, 0) is 36.4 Å². The van der Waals surface area contributed by atoms with E-state index in [9.17, 15) is 0 Å². The first-order valence-electron chi connectivity index (χ1n) is 7.57. The van der Waals surface area contributed by atoms with Crippen LogP contribution in [-0.4, -0.2) is 68.6 Å². The third-order valence-corrected chi connectivity index (χ3v) is 4.72. The second-order valence-corrected chi connectivity index (χ2v) is 6.41. The summed E-state index contributed by atoms with van der Waals surface area (Å²) < 4.78 is 0. The second-order valence-electron chi connectivity index (χ2n) is 5.63. The Hall–Kier alpha value is -0.380. The highest BCUT2D eigenvalue weighted by Crippen LogP contribution is 2.05. The number of nitrogens with zero attached hydrogens (tertiary/aromatic N) is 3. The first kappa shape index (κ1) is 19.7. The van der Waals surface area contributed by atoms with Crippen molar-refractivity contribution in [2.45, 2.75) is 19.5 Å². The van der Waals surface area contributed by atoms with Crippen LogP contribution in [0, 0.1) is 0 Å². The van der Waals surface area contributed by atoms with Gasteiger partial charge >= 0.3 is 0 Å². The monoisotopic (exact) mass is 437 g/mol. The van der Waals surface area contributed by atoms with Gasteiger partial charge in [-0.2, -0.15) is 11.3 Å². The molecule has 0 amide bonds. The predicted molar refractivity (Wildman–Crippen MR) is 106 cm³/mol.